The average Bonchev–Trinajstić information content (AvgIpc) is 2.39. The van der Waals surface area contributed by atoms with Crippen molar-refractivity contribution in [1.29, 1.82) is 0 Å². The van der Waals surface area contributed by atoms with Crippen LogP contribution in [-0.2, 0) is 10.0 Å². The predicted molar refractivity (Wildman–Crippen MR) is 81.6 cm³/mol. The van der Waals surface area contributed by atoms with Crippen molar-refractivity contribution in [3.8, 4) is 0 Å². The molecule has 0 saturated heterocycles. The van der Waals surface area contributed by atoms with Gasteiger partial charge in [-0.2, -0.15) is 0 Å². The minimum Gasteiger partial charge on any atom is -0.207 e. The van der Waals surface area contributed by atoms with E-state index in [1.165, 1.54) is 6.07 Å². The highest BCUT2D eigenvalue weighted by molar-refractivity contribution is 7.89. The molecule has 0 spiro atoms. The lowest BCUT2D eigenvalue weighted by Crippen LogP contribution is -2.27. The van der Waals surface area contributed by atoms with E-state index < -0.39 is 10.0 Å². The van der Waals surface area contributed by atoms with Gasteiger partial charge in [0, 0.05) is 11.1 Å². The smallest absolute Gasteiger partial charge is 0.207 e. The van der Waals surface area contributed by atoms with Crippen LogP contribution in [0.25, 0.3) is 0 Å². The summed E-state index contributed by atoms with van der Waals surface area (Å²) < 4.78 is 27.2. The molecule has 1 unspecified atom stereocenters. The van der Waals surface area contributed by atoms with Gasteiger partial charge in [-0.05, 0) is 36.8 Å². The summed E-state index contributed by atoms with van der Waals surface area (Å²) in [5.74, 6) is 0. The quantitative estimate of drug-likeness (QED) is 0.920. The predicted octanol–water partition coefficient (Wildman–Crippen LogP) is 4.03. The molecular formula is C14H13Cl2NO2S. The molecule has 106 valence electrons. The molecule has 0 aliphatic rings. The molecule has 6 heteroatoms. The van der Waals surface area contributed by atoms with E-state index in [-0.39, 0.29) is 16.0 Å². The normalized spacial score (nSPS) is 13.2. The molecule has 0 aliphatic heterocycles. The summed E-state index contributed by atoms with van der Waals surface area (Å²) >= 11 is 11.7. The number of sulfonamides is 1. The first-order valence-corrected chi connectivity index (χ1v) is 8.16. The molecule has 0 fully saturated rings. The van der Waals surface area contributed by atoms with Crippen molar-refractivity contribution in [3.63, 3.8) is 0 Å². The Bertz CT molecular complexity index is 699. The molecular weight excluding hydrogens is 317 g/mol. The Morgan fingerprint density at radius 1 is 1.00 bits per heavy atom. The second-order valence-electron chi connectivity index (χ2n) is 4.32. The zero-order chi connectivity index (χ0) is 14.8. The minimum absolute atomic E-state index is 0.0717. The lowest BCUT2D eigenvalue weighted by Gasteiger charge is -2.15. The molecule has 0 heterocycles. The van der Waals surface area contributed by atoms with Crippen molar-refractivity contribution in [3.05, 3.63) is 64.1 Å². The fourth-order valence-electron chi connectivity index (χ4n) is 1.78. The highest BCUT2D eigenvalue weighted by atomic mass is 35.5. The number of hydrogen-bond donors (Lipinski definition) is 1. The van der Waals surface area contributed by atoms with Gasteiger partial charge in [-0.25, -0.2) is 13.1 Å². The van der Waals surface area contributed by atoms with E-state index in [1.807, 2.05) is 0 Å². The number of rotatable bonds is 4. The number of hydrogen-bond acceptors (Lipinski definition) is 2. The Kier molecular flexibility index (Phi) is 4.70. The molecule has 1 N–H and O–H groups in total. The van der Waals surface area contributed by atoms with Crippen LogP contribution in [0.15, 0.2) is 53.4 Å². The molecule has 2 rings (SSSR count). The Labute approximate surface area is 128 Å². The van der Waals surface area contributed by atoms with E-state index in [1.54, 1.807) is 49.4 Å². The fourth-order valence-corrected chi connectivity index (χ4v) is 3.66. The average molecular weight is 330 g/mol. The second-order valence-corrected chi connectivity index (χ2v) is 6.85. The first-order valence-electron chi connectivity index (χ1n) is 5.92. The summed E-state index contributed by atoms with van der Waals surface area (Å²) in [7, 11) is -3.66. The SMILES string of the molecule is CC(NS(=O)(=O)c1ccccc1Cl)c1ccc(Cl)cc1. The molecule has 0 aromatic heterocycles. The van der Waals surface area contributed by atoms with Crippen molar-refractivity contribution >= 4 is 33.2 Å². The summed E-state index contributed by atoms with van der Waals surface area (Å²) in [6, 6.07) is 13.0. The fraction of sp³-hybridized carbons (Fsp3) is 0.143. The first-order chi connectivity index (χ1) is 9.40. The molecule has 2 aromatic carbocycles. The van der Waals surface area contributed by atoms with Gasteiger partial charge < -0.3 is 0 Å². The van der Waals surface area contributed by atoms with Crippen LogP contribution >= 0.6 is 23.2 Å². The van der Waals surface area contributed by atoms with Crippen LogP contribution in [0.3, 0.4) is 0 Å². The van der Waals surface area contributed by atoms with Crippen molar-refractivity contribution in [1.82, 2.24) is 4.72 Å². The summed E-state index contributed by atoms with van der Waals surface area (Å²) in [5, 5.41) is 0.804. The van der Waals surface area contributed by atoms with Crippen LogP contribution < -0.4 is 4.72 Å². The molecule has 1 atom stereocenters. The van der Waals surface area contributed by atoms with Gasteiger partial charge in [0.2, 0.25) is 10.0 Å². The third-order valence-corrected chi connectivity index (χ3v) is 5.12. The van der Waals surface area contributed by atoms with Gasteiger partial charge in [0.05, 0.1) is 5.02 Å². The number of benzene rings is 2. The van der Waals surface area contributed by atoms with Gasteiger partial charge in [0.25, 0.3) is 0 Å². The van der Waals surface area contributed by atoms with Gasteiger partial charge in [-0.15, -0.1) is 0 Å². The largest absolute Gasteiger partial charge is 0.242 e. The van der Waals surface area contributed by atoms with E-state index in [0.717, 1.165) is 5.56 Å². The zero-order valence-electron chi connectivity index (χ0n) is 10.7. The van der Waals surface area contributed by atoms with Crippen molar-refractivity contribution in [2.24, 2.45) is 0 Å². The van der Waals surface area contributed by atoms with Gasteiger partial charge in [-0.3, -0.25) is 0 Å². The third-order valence-electron chi connectivity index (χ3n) is 2.83. The van der Waals surface area contributed by atoms with Gasteiger partial charge >= 0.3 is 0 Å². The van der Waals surface area contributed by atoms with Crippen molar-refractivity contribution < 1.29 is 8.42 Å². The molecule has 0 aliphatic carbocycles. The van der Waals surface area contributed by atoms with Gasteiger partial charge in [-0.1, -0.05) is 47.5 Å². The molecule has 0 radical (unpaired) electrons. The maximum Gasteiger partial charge on any atom is 0.242 e. The second kappa shape index (κ2) is 6.14. The lowest BCUT2D eigenvalue weighted by molar-refractivity contribution is 0.567. The van der Waals surface area contributed by atoms with E-state index in [0.29, 0.717) is 5.02 Å². The highest BCUT2D eigenvalue weighted by Gasteiger charge is 2.20. The van der Waals surface area contributed by atoms with Crippen LogP contribution in [0, 0.1) is 0 Å². The molecule has 0 amide bonds. The standard InChI is InChI=1S/C14H13Cl2NO2S/c1-10(11-6-8-12(15)9-7-11)17-20(18,19)14-5-3-2-4-13(14)16/h2-10,17H,1H3. The van der Waals surface area contributed by atoms with Crippen LogP contribution in [0.4, 0.5) is 0 Å². The molecule has 0 bridgehead atoms. The number of nitrogens with one attached hydrogen (secondary N) is 1. The van der Waals surface area contributed by atoms with E-state index in [2.05, 4.69) is 4.72 Å². The Morgan fingerprint density at radius 3 is 2.20 bits per heavy atom. The van der Waals surface area contributed by atoms with Crippen LogP contribution in [0.2, 0.25) is 10.0 Å². The van der Waals surface area contributed by atoms with E-state index in [4.69, 9.17) is 23.2 Å². The molecule has 3 nitrogen and oxygen atoms in total. The maximum atomic E-state index is 12.3. The maximum absolute atomic E-state index is 12.3. The number of halogens is 2. The molecule has 2 aromatic rings. The first kappa shape index (κ1) is 15.3. The minimum atomic E-state index is -3.66. The van der Waals surface area contributed by atoms with Crippen LogP contribution in [0.1, 0.15) is 18.5 Å². The Balaban J connectivity index is 2.24. The van der Waals surface area contributed by atoms with E-state index >= 15 is 0 Å². The van der Waals surface area contributed by atoms with Crippen LogP contribution in [-0.4, -0.2) is 8.42 Å². The summed E-state index contributed by atoms with van der Waals surface area (Å²) in [5.41, 5.74) is 0.824. The van der Waals surface area contributed by atoms with Gasteiger partial charge in [0.1, 0.15) is 4.90 Å². The zero-order valence-corrected chi connectivity index (χ0v) is 13.0. The molecule has 0 saturated carbocycles. The summed E-state index contributed by atoms with van der Waals surface area (Å²) in [6.07, 6.45) is 0. The summed E-state index contributed by atoms with van der Waals surface area (Å²) in [6.45, 7) is 1.76. The van der Waals surface area contributed by atoms with E-state index in [9.17, 15) is 8.42 Å². The van der Waals surface area contributed by atoms with Crippen molar-refractivity contribution in [2.75, 3.05) is 0 Å². The summed E-state index contributed by atoms with van der Waals surface area (Å²) in [4.78, 5) is 0.0717. The monoisotopic (exact) mass is 329 g/mol. The highest BCUT2D eigenvalue weighted by Crippen LogP contribution is 2.23. The lowest BCUT2D eigenvalue weighted by atomic mass is 10.1. The topological polar surface area (TPSA) is 46.2 Å². The van der Waals surface area contributed by atoms with Crippen LogP contribution in [0.5, 0.6) is 0 Å². The van der Waals surface area contributed by atoms with Gasteiger partial charge in [0.15, 0.2) is 0 Å². The van der Waals surface area contributed by atoms with Crippen molar-refractivity contribution in [2.45, 2.75) is 17.9 Å². The molecule has 20 heavy (non-hydrogen) atoms. The third kappa shape index (κ3) is 3.52. The Morgan fingerprint density at radius 2 is 1.60 bits per heavy atom. The Hall–Kier alpha value is -1.07.